The summed E-state index contributed by atoms with van der Waals surface area (Å²) in [4.78, 5) is 12.6. The number of carbonyl (C=O) groups excluding carboxylic acids is 1. The van der Waals surface area contributed by atoms with Gasteiger partial charge in [0.15, 0.2) is 0 Å². The average Bonchev–Trinajstić information content (AvgIpc) is 2.63. The van der Waals surface area contributed by atoms with E-state index in [1.165, 1.54) is 24.3 Å². The minimum absolute atomic E-state index is 0.0845. The maximum absolute atomic E-state index is 13.3. The van der Waals surface area contributed by atoms with Gasteiger partial charge in [-0.25, -0.2) is 8.42 Å². The van der Waals surface area contributed by atoms with Gasteiger partial charge < -0.3 is 5.32 Å². The highest BCUT2D eigenvalue weighted by Gasteiger charge is 2.28. The summed E-state index contributed by atoms with van der Waals surface area (Å²) in [5.74, 6) is 0.407. The van der Waals surface area contributed by atoms with Crippen molar-refractivity contribution in [3.63, 3.8) is 0 Å². The number of benzene rings is 2. The number of aryl methyl sites for hydroxylation is 1. The minimum atomic E-state index is -3.93. The number of hydrogen-bond donors (Lipinski definition) is 1. The van der Waals surface area contributed by atoms with Crippen molar-refractivity contribution < 1.29 is 13.2 Å². The van der Waals surface area contributed by atoms with Gasteiger partial charge in [-0.15, -0.1) is 0 Å². The van der Waals surface area contributed by atoms with Gasteiger partial charge in [-0.1, -0.05) is 50.6 Å². The van der Waals surface area contributed by atoms with Crippen LogP contribution in [0.2, 0.25) is 5.02 Å². The first-order valence-corrected chi connectivity index (χ1v) is 12.1. The molecule has 0 fully saturated rings. The van der Waals surface area contributed by atoms with Gasteiger partial charge in [0.2, 0.25) is 5.91 Å². The topological polar surface area (TPSA) is 66.5 Å². The van der Waals surface area contributed by atoms with E-state index in [1.54, 1.807) is 23.9 Å². The number of nitrogens with zero attached hydrogens (tertiary/aromatic N) is 1. The zero-order valence-electron chi connectivity index (χ0n) is 17.1. The van der Waals surface area contributed by atoms with Crippen LogP contribution in [0.1, 0.15) is 26.3 Å². The molecule has 5 nitrogen and oxygen atoms in total. The molecule has 2 rings (SSSR count). The van der Waals surface area contributed by atoms with Crippen LogP contribution in [0.5, 0.6) is 0 Å². The number of nitrogens with one attached hydrogen (secondary N) is 1. The number of halogens is 1. The van der Waals surface area contributed by atoms with Crippen molar-refractivity contribution in [1.29, 1.82) is 0 Å². The van der Waals surface area contributed by atoms with Crippen LogP contribution in [0, 0.1) is 6.92 Å². The normalized spacial score (nSPS) is 11.9. The van der Waals surface area contributed by atoms with Gasteiger partial charge >= 0.3 is 0 Å². The molecule has 158 valence electrons. The van der Waals surface area contributed by atoms with E-state index in [9.17, 15) is 13.2 Å². The fourth-order valence-electron chi connectivity index (χ4n) is 2.61. The van der Waals surface area contributed by atoms with Crippen LogP contribution in [0.4, 0.5) is 5.69 Å². The Morgan fingerprint density at radius 1 is 1.10 bits per heavy atom. The van der Waals surface area contributed by atoms with Crippen LogP contribution in [0.15, 0.2) is 53.4 Å². The van der Waals surface area contributed by atoms with Crippen molar-refractivity contribution >= 4 is 45.0 Å². The Kier molecular flexibility index (Phi) is 8.02. The molecule has 0 unspecified atom stereocenters. The quantitative estimate of drug-likeness (QED) is 0.596. The molecule has 1 amide bonds. The molecule has 0 heterocycles. The van der Waals surface area contributed by atoms with Crippen molar-refractivity contribution in [2.75, 3.05) is 23.1 Å². The predicted octanol–water partition coefficient (Wildman–Crippen LogP) is 4.49. The van der Waals surface area contributed by atoms with Gasteiger partial charge in [-0.2, -0.15) is 11.8 Å². The first-order chi connectivity index (χ1) is 13.5. The van der Waals surface area contributed by atoms with Gasteiger partial charge in [0, 0.05) is 22.1 Å². The van der Waals surface area contributed by atoms with Crippen LogP contribution < -0.4 is 9.62 Å². The van der Waals surface area contributed by atoms with E-state index in [-0.39, 0.29) is 22.1 Å². The molecule has 0 aliphatic rings. The van der Waals surface area contributed by atoms with Gasteiger partial charge in [-0.05, 0) is 42.8 Å². The third-order valence-corrected chi connectivity index (χ3v) is 7.33. The van der Waals surface area contributed by atoms with E-state index in [0.29, 0.717) is 17.3 Å². The Bertz CT molecular complexity index is 939. The molecule has 2 aromatic carbocycles. The molecule has 2 aromatic rings. The van der Waals surface area contributed by atoms with Crippen LogP contribution in [0.25, 0.3) is 0 Å². The van der Waals surface area contributed by atoms with E-state index in [2.05, 4.69) is 26.1 Å². The third kappa shape index (κ3) is 6.94. The summed E-state index contributed by atoms with van der Waals surface area (Å²) in [5.41, 5.74) is 1.24. The summed E-state index contributed by atoms with van der Waals surface area (Å²) in [6, 6.07) is 13.0. The van der Waals surface area contributed by atoms with Gasteiger partial charge in [-0.3, -0.25) is 9.10 Å². The molecule has 0 atom stereocenters. The molecule has 1 N–H and O–H groups in total. The van der Waals surface area contributed by atoms with Gasteiger partial charge in [0.05, 0.1) is 10.6 Å². The molecule has 0 aliphatic heterocycles. The number of anilines is 1. The van der Waals surface area contributed by atoms with Crippen LogP contribution in [0.3, 0.4) is 0 Å². The maximum Gasteiger partial charge on any atom is 0.264 e. The molecule has 8 heteroatoms. The second-order valence-electron chi connectivity index (χ2n) is 7.56. The minimum Gasteiger partial charge on any atom is -0.354 e. The summed E-state index contributed by atoms with van der Waals surface area (Å²) < 4.78 is 27.8. The Balaban J connectivity index is 2.24. The lowest BCUT2D eigenvalue weighted by Gasteiger charge is -2.25. The second-order valence-corrected chi connectivity index (χ2v) is 11.8. The molecule has 0 aromatic heterocycles. The Labute approximate surface area is 182 Å². The second kappa shape index (κ2) is 9.87. The van der Waals surface area contributed by atoms with Crippen LogP contribution in [-0.2, 0) is 14.8 Å². The lowest BCUT2D eigenvalue weighted by molar-refractivity contribution is -0.119. The standard InChI is InChI=1S/C21H27ClN2O3S2/c1-16-7-5-6-8-19(16)24(15-20(25)23-13-14-28-21(2,3)4)29(26,27)18-11-9-17(22)10-12-18/h5-12H,13-15H2,1-4H3,(H,23,25). The van der Waals surface area contributed by atoms with Crippen molar-refractivity contribution in [3.05, 3.63) is 59.1 Å². The number of hydrogen-bond acceptors (Lipinski definition) is 4. The zero-order valence-corrected chi connectivity index (χ0v) is 19.5. The van der Waals surface area contributed by atoms with Crippen molar-refractivity contribution in [3.8, 4) is 0 Å². The maximum atomic E-state index is 13.3. The Hall–Kier alpha value is -1.70. The Morgan fingerprint density at radius 3 is 2.31 bits per heavy atom. The highest BCUT2D eigenvalue weighted by molar-refractivity contribution is 8.00. The fourth-order valence-corrected chi connectivity index (χ4v) is 5.04. The molecule has 0 spiro atoms. The molecular formula is C21H27ClN2O3S2. The highest BCUT2D eigenvalue weighted by Crippen LogP contribution is 2.27. The molecule has 0 saturated carbocycles. The van der Waals surface area contributed by atoms with Crippen molar-refractivity contribution in [2.45, 2.75) is 37.3 Å². The molecule has 0 saturated heterocycles. The summed E-state index contributed by atoms with van der Waals surface area (Å²) >= 11 is 7.63. The monoisotopic (exact) mass is 454 g/mol. The van der Waals surface area contributed by atoms with E-state index < -0.39 is 10.0 Å². The lowest BCUT2D eigenvalue weighted by atomic mass is 10.2. The van der Waals surface area contributed by atoms with E-state index >= 15 is 0 Å². The smallest absolute Gasteiger partial charge is 0.264 e. The summed E-state index contributed by atoms with van der Waals surface area (Å²) in [5, 5.41) is 3.27. The van der Waals surface area contributed by atoms with Gasteiger partial charge in [0.1, 0.15) is 6.54 Å². The largest absolute Gasteiger partial charge is 0.354 e. The predicted molar refractivity (Wildman–Crippen MR) is 122 cm³/mol. The first-order valence-electron chi connectivity index (χ1n) is 9.25. The number of rotatable bonds is 8. The Morgan fingerprint density at radius 2 is 1.72 bits per heavy atom. The zero-order chi connectivity index (χ0) is 21.7. The van der Waals surface area contributed by atoms with Crippen LogP contribution in [-0.4, -0.2) is 37.9 Å². The highest BCUT2D eigenvalue weighted by atomic mass is 35.5. The summed E-state index contributed by atoms with van der Waals surface area (Å²) in [6.45, 7) is 8.32. The number of para-hydroxylation sites is 1. The van der Waals surface area contributed by atoms with E-state index in [1.807, 2.05) is 19.1 Å². The van der Waals surface area contributed by atoms with Crippen molar-refractivity contribution in [2.24, 2.45) is 0 Å². The molecular weight excluding hydrogens is 428 g/mol. The number of sulfonamides is 1. The summed E-state index contributed by atoms with van der Waals surface area (Å²) in [6.07, 6.45) is 0. The molecule has 0 aliphatic carbocycles. The molecule has 29 heavy (non-hydrogen) atoms. The van der Waals surface area contributed by atoms with E-state index in [4.69, 9.17) is 11.6 Å². The first kappa shape index (κ1) is 23.6. The third-order valence-electron chi connectivity index (χ3n) is 4.03. The molecule has 0 bridgehead atoms. The SMILES string of the molecule is Cc1ccccc1N(CC(=O)NCCSC(C)(C)C)S(=O)(=O)c1ccc(Cl)cc1. The van der Waals surface area contributed by atoms with E-state index in [0.717, 1.165) is 15.6 Å². The number of carbonyl (C=O) groups is 1. The van der Waals surface area contributed by atoms with Gasteiger partial charge in [0.25, 0.3) is 10.0 Å². The number of amides is 1. The number of thioether (sulfide) groups is 1. The molecule has 0 radical (unpaired) electrons. The van der Waals surface area contributed by atoms with Crippen LogP contribution >= 0.6 is 23.4 Å². The summed E-state index contributed by atoms with van der Waals surface area (Å²) in [7, 11) is -3.93. The lowest BCUT2D eigenvalue weighted by Crippen LogP contribution is -2.41. The fraction of sp³-hybridized carbons (Fsp3) is 0.381. The van der Waals surface area contributed by atoms with Crippen molar-refractivity contribution in [1.82, 2.24) is 5.32 Å². The average molecular weight is 455 g/mol.